The van der Waals surface area contributed by atoms with E-state index in [4.69, 9.17) is 14.4 Å². The van der Waals surface area contributed by atoms with Gasteiger partial charge in [-0.25, -0.2) is 4.98 Å². The highest BCUT2D eigenvalue weighted by Crippen LogP contribution is 2.40. The number of allylic oxidation sites excluding steroid dienone is 2. The lowest BCUT2D eigenvalue weighted by molar-refractivity contribution is 0.540. The molecule has 2 atom stereocenters. The van der Waals surface area contributed by atoms with E-state index >= 15 is 0 Å². The van der Waals surface area contributed by atoms with Crippen LogP contribution in [0.2, 0.25) is 0 Å². The fraction of sp³-hybridized carbons (Fsp3) is 0.114. The third-order valence-electron chi connectivity index (χ3n) is 7.95. The maximum atomic E-state index is 6.27. The fourth-order valence-electron chi connectivity index (χ4n) is 6.04. The summed E-state index contributed by atoms with van der Waals surface area (Å²) in [5.74, 6) is 0.166. The zero-order valence-corrected chi connectivity index (χ0v) is 21.6. The van der Waals surface area contributed by atoms with Crippen molar-refractivity contribution in [2.45, 2.75) is 24.8 Å². The van der Waals surface area contributed by atoms with Crippen molar-refractivity contribution >= 4 is 33.5 Å². The predicted molar refractivity (Wildman–Crippen MR) is 161 cm³/mol. The minimum Gasteiger partial charge on any atom is -0.438 e. The van der Waals surface area contributed by atoms with Gasteiger partial charge in [0.1, 0.15) is 5.58 Å². The summed E-state index contributed by atoms with van der Waals surface area (Å²) >= 11 is 0. The minimum atomic E-state index is -0.154. The summed E-state index contributed by atoms with van der Waals surface area (Å²) in [6.45, 7) is 12.5. The second kappa shape index (κ2) is 9.17. The van der Waals surface area contributed by atoms with Crippen molar-refractivity contribution in [2.75, 3.05) is 0 Å². The molecule has 2 aromatic heterocycles. The Hall–Kier alpha value is -4.83. The van der Waals surface area contributed by atoms with Crippen molar-refractivity contribution in [1.29, 1.82) is 0 Å². The Balaban J connectivity index is 1.40. The van der Waals surface area contributed by atoms with Gasteiger partial charge < -0.3 is 4.42 Å². The molecule has 2 aliphatic rings. The highest BCUT2D eigenvalue weighted by Gasteiger charge is 2.33. The van der Waals surface area contributed by atoms with Crippen molar-refractivity contribution in [3.8, 4) is 11.1 Å². The summed E-state index contributed by atoms with van der Waals surface area (Å²) in [6, 6.07) is 25.1. The summed E-state index contributed by atoms with van der Waals surface area (Å²) < 4.78 is 6.27. The zero-order valence-electron chi connectivity index (χ0n) is 21.6. The highest BCUT2D eigenvalue weighted by atomic mass is 16.3. The van der Waals surface area contributed by atoms with E-state index in [2.05, 4.69) is 79.3 Å². The van der Waals surface area contributed by atoms with Crippen LogP contribution in [-0.2, 0) is 6.42 Å². The van der Waals surface area contributed by atoms with Crippen molar-refractivity contribution in [1.82, 2.24) is 4.98 Å². The molecular formula is C35H27N3O. The molecule has 0 saturated carbocycles. The summed E-state index contributed by atoms with van der Waals surface area (Å²) in [6.07, 6.45) is 7.28. The second-order valence-electron chi connectivity index (χ2n) is 10.1. The number of aliphatic imine (C=N–C) groups is 2. The summed E-state index contributed by atoms with van der Waals surface area (Å²) in [5, 5.41) is 2.00. The topological polar surface area (TPSA) is 50.8 Å². The fourth-order valence-corrected chi connectivity index (χ4v) is 6.04. The molecule has 0 saturated heterocycles. The maximum absolute atomic E-state index is 6.27. The van der Waals surface area contributed by atoms with Crippen LogP contribution in [0.3, 0.4) is 0 Å². The minimum absolute atomic E-state index is 0.154. The Labute approximate surface area is 227 Å². The van der Waals surface area contributed by atoms with Gasteiger partial charge in [0.05, 0.1) is 23.2 Å². The molecule has 2 aliphatic heterocycles. The van der Waals surface area contributed by atoms with E-state index in [-0.39, 0.29) is 12.0 Å². The highest BCUT2D eigenvalue weighted by molar-refractivity contribution is 6.15. The number of pyridine rings is 1. The first-order chi connectivity index (χ1) is 19.1. The van der Waals surface area contributed by atoms with E-state index < -0.39 is 0 Å². The maximum Gasteiger partial charge on any atom is 0.227 e. The van der Waals surface area contributed by atoms with E-state index in [0.29, 0.717) is 5.71 Å². The second-order valence-corrected chi connectivity index (χ2v) is 10.1. The van der Waals surface area contributed by atoms with Crippen LogP contribution in [0.5, 0.6) is 0 Å². The summed E-state index contributed by atoms with van der Waals surface area (Å²) in [5.41, 5.74) is 10.7. The Kier molecular flexibility index (Phi) is 5.48. The molecule has 0 fully saturated rings. The smallest absolute Gasteiger partial charge is 0.227 e. The van der Waals surface area contributed by atoms with Crippen molar-refractivity contribution in [3.05, 3.63) is 139 Å². The average Bonchev–Trinajstić information content (AvgIpc) is 3.36. The molecule has 0 N–H and O–H groups in total. The van der Waals surface area contributed by atoms with Crippen LogP contribution < -0.4 is 0 Å². The van der Waals surface area contributed by atoms with Gasteiger partial charge in [-0.05, 0) is 59.9 Å². The third kappa shape index (κ3) is 3.79. The van der Waals surface area contributed by atoms with E-state index in [0.717, 1.165) is 68.6 Å². The van der Waals surface area contributed by atoms with Gasteiger partial charge in [-0.3, -0.25) is 9.98 Å². The van der Waals surface area contributed by atoms with Gasteiger partial charge in [0, 0.05) is 39.6 Å². The summed E-state index contributed by atoms with van der Waals surface area (Å²) in [4.78, 5) is 14.8. The van der Waals surface area contributed by atoms with Crippen LogP contribution in [0.15, 0.2) is 131 Å². The number of nitrogens with zero attached hydrogens (tertiary/aromatic N) is 3. The largest absolute Gasteiger partial charge is 0.438 e. The molecular weight excluding hydrogens is 478 g/mol. The third-order valence-corrected chi connectivity index (χ3v) is 7.95. The first kappa shape index (κ1) is 23.3. The molecule has 0 bridgehead atoms. The van der Waals surface area contributed by atoms with Crippen LogP contribution in [0, 0.1) is 0 Å². The molecule has 0 aliphatic carbocycles. The number of benzene rings is 3. The Bertz CT molecular complexity index is 1870. The van der Waals surface area contributed by atoms with Crippen LogP contribution in [0.4, 0.5) is 0 Å². The molecule has 5 aromatic rings. The van der Waals surface area contributed by atoms with Crippen LogP contribution in [-0.4, -0.2) is 22.4 Å². The Morgan fingerprint density at radius 3 is 2.44 bits per heavy atom. The lowest BCUT2D eigenvalue weighted by atomic mass is 9.79. The number of fused-ring (bicyclic) bond motifs is 7. The predicted octanol–water partition coefficient (Wildman–Crippen LogP) is 8.22. The van der Waals surface area contributed by atoms with Crippen molar-refractivity contribution in [2.24, 2.45) is 9.98 Å². The molecule has 3 aromatic carbocycles. The molecule has 7 rings (SSSR count). The molecule has 4 heterocycles. The van der Waals surface area contributed by atoms with Gasteiger partial charge in [0.25, 0.3) is 0 Å². The van der Waals surface area contributed by atoms with Crippen LogP contribution in [0.25, 0.3) is 33.2 Å². The number of aryl methyl sites for hydroxylation is 1. The monoisotopic (exact) mass is 505 g/mol. The molecule has 0 spiro atoms. The number of rotatable bonds is 3. The quantitative estimate of drug-likeness (QED) is 0.248. The molecule has 188 valence electrons. The lowest BCUT2D eigenvalue weighted by Crippen LogP contribution is -2.27. The Morgan fingerprint density at radius 2 is 1.62 bits per heavy atom. The van der Waals surface area contributed by atoms with Crippen LogP contribution in [0.1, 0.15) is 34.6 Å². The van der Waals surface area contributed by atoms with Gasteiger partial charge in [-0.1, -0.05) is 74.3 Å². The lowest BCUT2D eigenvalue weighted by Gasteiger charge is -2.31. The number of hydrogen-bond acceptors (Lipinski definition) is 4. The van der Waals surface area contributed by atoms with E-state index in [1.165, 1.54) is 11.1 Å². The molecule has 0 amide bonds. The van der Waals surface area contributed by atoms with Gasteiger partial charge in [0.2, 0.25) is 5.71 Å². The molecule has 2 unspecified atom stereocenters. The number of furan rings is 1. The van der Waals surface area contributed by atoms with E-state index in [9.17, 15) is 0 Å². The normalized spacial score (nSPS) is 19.9. The van der Waals surface area contributed by atoms with Crippen LogP contribution >= 0.6 is 0 Å². The van der Waals surface area contributed by atoms with Crippen molar-refractivity contribution in [3.63, 3.8) is 0 Å². The van der Waals surface area contributed by atoms with Gasteiger partial charge in [-0.2, -0.15) is 0 Å². The van der Waals surface area contributed by atoms with Gasteiger partial charge in [-0.15, -0.1) is 0 Å². The Morgan fingerprint density at radius 1 is 0.821 bits per heavy atom. The van der Waals surface area contributed by atoms with E-state index in [1.54, 1.807) is 0 Å². The van der Waals surface area contributed by atoms with E-state index in [1.807, 2.05) is 36.5 Å². The van der Waals surface area contributed by atoms with Gasteiger partial charge in [0.15, 0.2) is 0 Å². The number of hydrogen-bond donors (Lipinski definition) is 0. The number of aromatic nitrogens is 1. The standard InChI is InChI=1S/C35H27N3O/c1-4-31-26-14-10-9-13-25(26)27-16-15-23-18-33-29(19-28(23)32(5-2)37-21(3)34(27)38-31)30-17-24(20-36-35(30)39-33)22-11-7-6-8-12-22/h4-14,17-20,27,34H,1-3,15-16H2/b37-32-. The average molecular weight is 506 g/mol. The SMILES string of the molecule is C=CC1=NC2C(=C)/N=C(/C=C)c3cc4c(cc3CCC2c2ccccc21)oc1ncc(-c2ccccc2)cc14. The molecule has 4 nitrogen and oxygen atoms in total. The summed E-state index contributed by atoms with van der Waals surface area (Å²) in [7, 11) is 0. The molecule has 39 heavy (non-hydrogen) atoms. The first-order valence-electron chi connectivity index (χ1n) is 13.2. The molecule has 0 radical (unpaired) electrons. The van der Waals surface area contributed by atoms with Gasteiger partial charge >= 0.3 is 0 Å². The van der Waals surface area contributed by atoms with Crippen molar-refractivity contribution < 1.29 is 4.42 Å². The first-order valence-corrected chi connectivity index (χ1v) is 13.2. The zero-order chi connectivity index (χ0) is 26.5. The molecule has 4 heteroatoms.